The Morgan fingerprint density at radius 2 is 1.63 bits per heavy atom. The van der Waals surface area contributed by atoms with Gasteiger partial charge in [-0.05, 0) is 18.2 Å². The molecule has 0 aliphatic carbocycles. The molecule has 0 radical (unpaired) electrons. The molecule has 0 fully saturated rings. The van der Waals surface area contributed by atoms with E-state index in [-0.39, 0.29) is 5.82 Å². The lowest BCUT2D eigenvalue weighted by atomic mass is 10.2. The molecule has 0 spiro atoms. The maximum absolute atomic E-state index is 10.7. The molecule has 1 aromatic heterocycles. The predicted molar refractivity (Wildman–Crippen MR) is 66.8 cm³/mol. The third kappa shape index (κ3) is 4.95. The van der Waals surface area contributed by atoms with Gasteiger partial charge in [0, 0.05) is 12.4 Å². The summed E-state index contributed by atoms with van der Waals surface area (Å²) in [7, 11) is 1.29. The number of aromatic nitrogens is 2. The van der Waals surface area contributed by atoms with Crippen molar-refractivity contribution >= 4 is 11.9 Å². The Labute approximate surface area is 109 Å². The average molecular weight is 260 g/mol. The molecule has 1 heterocycles. The lowest BCUT2D eigenvalue weighted by molar-refractivity contribution is 0.0586. The lowest BCUT2D eigenvalue weighted by Gasteiger charge is -1.93. The zero-order valence-electron chi connectivity index (χ0n) is 10.2. The predicted octanol–water partition coefficient (Wildman–Crippen LogP) is 1.65. The highest BCUT2D eigenvalue weighted by Gasteiger charge is 2.05. The molecule has 1 N–H and O–H groups in total. The largest absolute Gasteiger partial charge is 0.478 e. The number of esters is 1. The van der Waals surface area contributed by atoms with Crippen LogP contribution in [0.4, 0.5) is 0 Å². The molecular weight excluding hydrogens is 248 g/mol. The van der Waals surface area contributed by atoms with E-state index in [0.717, 1.165) is 0 Å². The minimum Gasteiger partial charge on any atom is -0.478 e. The van der Waals surface area contributed by atoms with E-state index < -0.39 is 11.9 Å². The van der Waals surface area contributed by atoms with E-state index in [9.17, 15) is 9.59 Å². The van der Waals surface area contributed by atoms with Crippen LogP contribution in [0.5, 0.6) is 0 Å². The molecule has 98 valence electrons. The SMILES string of the molecule is COC(=O)c1ncccn1.O=C(O)c1ccccc1. The third-order valence-corrected chi connectivity index (χ3v) is 1.95. The van der Waals surface area contributed by atoms with E-state index in [1.54, 1.807) is 36.4 Å². The number of carbonyl (C=O) groups is 2. The molecule has 0 saturated carbocycles. The first-order valence-corrected chi connectivity index (χ1v) is 5.29. The second-order valence-electron chi connectivity index (χ2n) is 3.24. The number of rotatable bonds is 2. The number of carboxylic acid groups (broad SMARTS) is 1. The van der Waals surface area contributed by atoms with Crippen LogP contribution in [-0.2, 0) is 4.74 Å². The molecule has 0 aliphatic heterocycles. The first-order valence-electron chi connectivity index (χ1n) is 5.29. The topological polar surface area (TPSA) is 89.4 Å². The number of hydrogen-bond donors (Lipinski definition) is 1. The van der Waals surface area contributed by atoms with Crippen molar-refractivity contribution in [1.82, 2.24) is 9.97 Å². The van der Waals surface area contributed by atoms with Crippen LogP contribution >= 0.6 is 0 Å². The number of benzene rings is 1. The van der Waals surface area contributed by atoms with Gasteiger partial charge in [-0.3, -0.25) is 0 Å². The number of carbonyl (C=O) groups excluding carboxylic acids is 1. The van der Waals surface area contributed by atoms with Gasteiger partial charge in [-0.1, -0.05) is 18.2 Å². The van der Waals surface area contributed by atoms with Crippen LogP contribution in [0, 0.1) is 0 Å². The molecule has 6 nitrogen and oxygen atoms in total. The van der Waals surface area contributed by atoms with E-state index in [1.165, 1.54) is 19.5 Å². The van der Waals surface area contributed by atoms with Crippen molar-refractivity contribution in [3.05, 3.63) is 60.2 Å². The van der Waals surface area contributed by atoms with E-state index >= 15 is 0 Å². The van der Waals surface area contributed by atoms with Crippen LogP contribution in [0.25, 0.3) is 0 Å². The van der Waals surface area contributed by atoms with Gasteiger partial charge >= 0.3 is 11.9 Å². The van der Waals surface area contributed by atoms with E-state index in [2.05, 4.69) is 14.7 Å². The fourth-order valence-electron chi connectivity index (χ4n) is 1.08. The lowest BCUT2D eigenvalue weighted by Crippen LogP contribution is -2.05. The molecule has 0 atom stereocenters. The van der Waals surface area contributed by atoms with Gasteiger partial charge in [-0.2, -0.15) is 0 Å². The molecule has 0 saturated heterocycles. The highest BCUT2D eigenvalue weighted by atomic mass is 16.5. The summed E-state index contributed by atoms with van der Waals surface area (Å²) < 4.78 is 4.37. The van der Waals surface area contributed by atoms with Crippen LogP contribution in [0.2, 0.25) is 0 Å². The molecule has 2 aromatic rings. The summed E-state index contributed by atoms with van der Waals surface area (Å²) >= 11 is 0. The molecule has 0 aliphatic rings. The zero-order chi connectivity index (χ0) is 14.1. The minimum atomic E-state index is -0.879. The van der Waals surface area contributed by atoms with Gasteiger partial charge in [0.05, 0.1) is 12.7 Å². The van der Waals surface area contributed by atoms with Gasteiger partial charge < -0.3 is 9.84 Å². The summed E-state index contributed by atoms with van der Waals surface area (Å²) in [6, 6.07) is 9.93. The van der Waals surface area contributed by atoms with Crippen molar-refractivity contribution in [3.63, 3.8) is 0 Å². The Hall–Kier alpha value is -2.76. The highest BCUT2D eigenvalue weighted by molar-refractivity contribution is 5.87. The number of hydrogen-bond acceptors (Lipinski definition) is 5. The number of carboxylic acids is 1. The molecule has 0 amide bonds. The summed E-state index contributed by atoms with van der Waals surface area (Å²) in [6.07, 6.45) is 2.97. The number of methoxy groups -OCH3 is 1. The van der Waals surface area contributed by atoms with E-state index in [0.29, 0.717) is 5.56 Å². The van der Waals surface area contributed by atoms with Gasteiger partial charge in [-0.15, -0.1) is 0 Å². The van der Waals surface area contributed by atoms with Crippen LogP contribution in [-0.4, -0.2) is 34.1 Å². The van der Waals surface area contributed by atoms with Crippen molar-refractivity contribution < 1.29 is 19.4 Å². The van der Waals surface area contributed by atoms with Gasteiger partial charge in [0.15, 0.2) is 0 Å². The van der Waals surface area contributed by atoms with Gasteiger partial charge in [0.25, 0.3) is 0 Å². The van der Waals surface area contributed by atoms with Crippen molar-refractivity contribution in [2.45, 2.75) is 0 Å². The molecule has 2 rings (SSSR count). The fourth-order valence-corrected chi connectivity index (χ4v) is 1.08. The first kappa shape index (κ1) is 14.3. The van der Waals surface area contributed by atoms with Crippen molar-refractivity contribution in [2.75, 3.05) is 7.11 Å². The van der Waals surface area contributed by atoms with Gasteiger partial charge in [0.1, 0.15) is 0 Å². The smallest absolute Gasteiger partial charge is 0.376 e. The minimum absolute atomic E-state index is 0.0880. The Morgan fingerprint density at radius 3 is 2.05 bits per heavy atom. The quantitative estimate of drug-likeness (QED) is 0.826. The van der Waals surface area contributed by atoms with Crippen LogP contribution in [0.1, 0.15) is 21.0 Å². The number of aromatic carboxylic acids is 1. The summed E-state index contributed by atoms with van der Waals surface area (Å²) in [4.78, 5) is 28.2. The second kappa shape index (κ2) is 7.54. The maximum Gasteiger partial charge on any atom is 0.376 e. The number of nitrogens with zero attached hydrogens (tertiary/aromatic N) is 2. The highest BCUT2D eigenvalue weighted by Crippen LogP contribution is 1.96. The summed E-state index contributed by atoms with van der Waals surface area (Å²) in [6.45, 7) is 0. The van der Waals surface area contributed by atoms with Crippen LogP contribution in [0.3, 0.4) is 0 Å². The van der Waals surface area contributed by atoms with E-state index in [4.69, 9.17) is 5.11 Å². The second-order valence-corrected chi connectivity index (χ2v) is 3.24. The fraction of sp³-hybridized carbons (Fsp3) is 0.0769. The van der Waals surface area contributed by atoms with Gasteiger partial charge in [0.2, 0.25) is 5.82 Å². The summed E-state index contributed by atoms with van der Waals surface area (Å²) in [5.74, 6) is -1.30. The number of ether oxygens (including phenoxy) is 1. The average Bonchev–Trinajstić information content (AvgIpc) is 2.49. The monoisotopic (exact) mass is 260 g/mol. The maximum atomic E-state index is 10.7. The normalized spacial score (nSPS) is 8.89. The standard InChI is InChI=1S/C7H6O2.C6H6N2O2/c8-7(9)6-4-2-1-3-5-6;1-10-6(9)5-7-3-2-4-8-5/h1-5H,(H,8,9);2-4H,1H3. The van der Waals surface area contributed by atoms with Crippen LogP contribution < -0.4 is 0 Å². The molecule has 1 aromatic carbocycles. The molecular formula is C13H12N2O4. The van der Waals surface area contributed by atoms with Gasteiger partial charge in [-0.25, -0.2) is 19.6 Å². The summed E-state index contributed by atoms with van der Waals surface area (Å²) in [5, 5.41) is 8.38. The molecule has 19 heavy (non-hydrogen) atoms. The Kier molecular flexibility index (Phi) is 5.68. The molecule has 0 bridgehead atoms. The van der Waals surface area contributed by atoms with E-state index in [1.807, 2.05) is 0 Å². The van der Waals surface area contributed by atoms with Crippen molar-refractivity contribution in [2.24, 2.45) is 0 Å². The third-order valence-electron chi connectivity index (χ3n) is 1.95. The Balaban J connectivity index is 0.000000191. The zero-order valence-corrected chi connectivity index (χ0v) is 10.2. The molecule has 0 unspecified atom stereocenters. The Morgan fingerprint density at radius 1 is 1.05 bits per heavy atom. The Bertz CT molecular complexity index is 529. The van der Waals surface area contributed by atoms with Crippen molar-refractivity contribution in [3.8, 4) is 0 Å². The first-order chi connectivity index (χ1) is 9.15. The summed E-state index contributed by atoms with van der Waals surface area (Å²) in [5.41, 5.74) is 0.331. The van der Waals surface area contributed by atoms with Crippen LogP contribution in [0.15, 0.2) is 48.8 Å². The molecule has 6 heteroatoms. The van der Waals surface area contributed by atoms with Crippen molar-refractivity contribution in [1.29, 1.82) is 0 Å².